The molecule has 0 unspecified atom stereocenters. The number of rotatable bonds is 4. The van der Waals surface area contributed by atoms with Gasteiger partial charge in [-0.1, -0.05) is 0 Å². The molecule has 3 aromatic heterocycles. The number of nitrogens with zero attached hydrogens (tertiary/aromatic N) is 6. The van der Waals surface area contributed by atoms with Crippen molar-refractivity contribution in [1.29, 1.82) is 5.41 Å². The van der Waals surface area contributed by atoms with Gasteiger partial charge in [0.25, 0.3) is 0 Å². The topological polar surface area (TPSA) is 138 Å². The molecule has 10 nitrogen and oxygen atoms in total. The predicted molar refractivity (Wildman–Crippen MR) is 81.2 cm³/mol. The van der Waals surface area contributed by atoms with Crippen LogP contribution in [0.4, 0.5) is 24.9 Å². The van der Waals surface area contributed by atoms with E-state index in [1.165, 1.54) is 29.5 Å². The monoisotopic (exact) mass is 365 g/mol. The lowest BCUT2D eigenvalue weighted by atomic mass is 10.3. The lowest BCUT2D eigenvalue weighted by Crippen LogP contribution is -2.20. The maximum absolute atomic E-state index is 12.5. The van der Waals surface area contributed by atoms with Gasteiger partial charge in [-0.15, -0.1) is 5.10 Å². The summed E-state index contributed by atoms with van der Waals surface area (Å²) in [4.78, 5) is 15.5. The Morgan fingerprint density at radius 2 is 1.88 bits per heavy atom. The van der Waals surface area contributed by atoms with E-state index in [1.54, 1.807) is 5.48 Å². The number of pyridine rings is 1. The van der Waals surface area contributed by atoms with Crippen LogP contribution in [-0.4, -0.2) is 40.8 Å². The fraction of sp³-hybridized carbons (Fsp3) is 0.0769. The number of hydrogen-bond donors (Lipinski definition) is 4. The largest absolute Gasteiger partial charge is 0.417 e. The quantitative estimate of drug-likeness (QED) is 0.310. The van der Waals surface area contributed by atoms with Crippen LogP contribution in [0.5, 0.6) is 0 Å². The molecule has 3 rings (SSSR count). The Labute approximate surface area is 143 Å². The highest BCUT2D eigenvalue weighted by Gasteiger charge is 2.30. The first kappa shape index (κ1) is 17.2. The van der Waals surface area contributed by atoms with Crippen molar-refractivity contribution in [3.8, 4) is 5.82 Å². The van der Waals surface area contributed by atoms with E-state index in [2.05, 4.69) is 30.4 Å². The molecule has 0 aliphatic heterocycles. The zero-order valence-corrected chi connectivity index (χ0v) is 12.7. The summed E-state index contributed by atoms with van der Waals surface area (Å²) in [5, 5.41) is 22.7. The minimum absolute atomic E-state index is 0.115. The van der Waals surface area contributed by atoms with E-state index in [-0.39, 0.29) is 29.1 Å². The fourth-order valence-corrected chi connectivity index (χ4v) is 1.81. The molecule has 0 saturated carbocycles. The van der Waals surface area contributed by atoms with Gasteiger partial charge in [0.2, 0.25) is 5.95 Å². The van der Waals surface area contributed by atoms with Gasteiger partial charge in [-0.3, -0.25) is 16.1 Å². The highest BCUT2D eigenvalue weighted by Crippen LogP contribution is 2.28. The molecular weight excluding hydrogens is 355 g/mol. The molecule has 0 atom stereocenters. The molecule has 4 N–H and O–H groups in total. The number of halogens is 3. The SMILES string of the molecule is N=C(NO)c1cnc(Nc2ncn(-c3ccc(C(F)(F)F)cn3)n2)cn1. The van der Waals surface area contributed by atoms with Gasteiger partial charge >= 0.3 is 6.18 Å². The molecule has 134 valence electrons. The van der Waals surface area contributed by atoms with E-state index in [9.17, 15) is 13.2 Å². The second kappa shape index (κ2) is 6.72. The first-order valence-electron chi connectivity index (χ1n) is 6.90. The molecular formula is C13H10F3N9O. The summed E-state index contributed by atoms with van der Waals surface area (Å²) < 4.78 is 38.8. The van der Waals surface area contributed by atoms with Crippen LogP contribution in [0, 0.1) is 5.41 Å². The lowest BCUT2D eigenvalue weighted by Gasteiger charge is -2.06. The van der Waals surface area contributed by atoms with E-state index in [4.69, 9.17) is 10.6 Å². The van der Waals surface area contributed by atoms with E-state index in [0.29, 0.717) is 6.20 Å². The molecule has 0 aliphatic carbocycles. The number of alkyl halides is 3. The van der Waals surface area contributed by atoms with E-state index in [1.807, 2.05) is 0 Å². The van der Waals surface area contributed by atoms with Crippen LogP contribution < -0.4 is 10.8 Å². The van der Waals surface area contributed by atoms with Crippen LogP contribution in [0.2, 0.25) is 0 Å². The lowest BCUT2D eigenvalue weighted by molar-refractivity contribution is -0.137. The van der Waals surface area contributed by atoms with Crippen molar-refractivity contribution in [2.24, 2.45) is 0 Å². The molecule has 26 heavy (non-hydrogen) atoms. The molecule has 0 fully saturated rings. The Kier molecular flexibility index (Phi) is 4.45. The molecule has 0 aromatic carbocycles. The summed E-state index contributed by atoms with van der Waals surface area (Å²) in [6.07, 6.45) is 0.0391. The van der Waals surface area contributed by atoms with Gasteiger partial charge in [-0.25, -0.2) is 19.6 Å². The summed E-state index contributed by atoms with van der Waals surface area (Å²) in [6, 6.07) is 2.06. The minimum Gasteiger partial charge on any atom is -0.306 e. The average Bonchev–Trinajstić information content (AvgIpc) is 3.09. The Morgan fingerprint density at radius 1 is 1.08 bits per heavy atom. The Bertz CT molecular complexity index is 906. The molecule has 0 bridgehead atoms. The Balaban J connectivity index is 1.73. The van der Waals surface area contributed by atoms with Crippen LogP contribution in [0.25, 0.3) is 5.82 Å². The Hall–Kier alpha value is -3.61. The van der Waals surface area contributed by atoms with Gasteiger partial charge in [-0.05, 0) is 12.1 Å². The predicted octanol–water partition coefficient (Wildman–Crippen LogP) is 1.52. The number of aromatic nitrogens is 6. The summed E-state index contributed by atoms with van der Waals surface area (Å²) in [5.74, 6) is 0.212. The van der Waals surface area contributed by atoms with Crippen molar-refractivity contribution in [3.63, 3.8) is 0 Å². The third-order valence-electron chi connectivity index (χ3n) is 3.06. The van der Waals surface area contributed by atoms with Crippen molar-refractivity contribution in [1.82, 2.24) is 35.2 Å². The summed E-state index contributed by atoms with van der Waals surface area (Å²) in [6.45, 7) is 0. The molecule has 13 heteroatoms. The highest BCUT2D eigenvalue weighted by atomic mass is 19.4. The van der Waals surface area contributed by atoms with Gasteiger partial charge < -0.3 is 5.32 Å². The zero-order valence-electron chi connectivity index (χ0n) is 12.7. The van der Waals surface area contributed by atoms with Crippen LogP contribution in [0.1, 0.15) is 11.3 Å². The van der Waals surface area contributed by atoms with Crippen LogP contribution in [0.3, 0.4) is 0 Å². The standard InChI is InChI=1S/C13H10F3N9O/c14-13(15,16)7-1-2-10(20-3-7)25-6-21-12(23-25)22-9-5-18-8(4-19-9)11(17)24-26/h1-6,26H,(H2,17,24)(H,19,22,23). The van der Waals surface area contributed by atoms with Crippen molar-refractivity contribution < 1.29 is 18.4 Å². The molecule has 0 aliphatic rings. The fourth-order valence-electron chi connectivity index (χ4n) is 1.81. The van der Waals surface area contributed by atoms with Crippen molar-refractivity contribution in [2.75, 3.05) is 5.32 Å². The van der Waals surface area contributed by atoms with E-state index >= 15 is 0 Å². The molecule has 0 saturated heterocycles. The van der Waals surface area contributed by atoms with Crippen molar-refractivity contribution in [3.05, 3.63) is 48.3 Å². The van der Waals surface area contributed by atoms with E-state index < -0.39 is 11.7 Å². The Morgan fingerprint density at radius 3 is 2.46 bits per heavy atom. The third kappa shape index (κ3) is 3.72. The average molecular weight is 365 g/mol. The van der Waals surface area contributed by atoms with Gasteiger partial charge in [-0.2, -0.15) is 18.2 Å². The molecule has 3 aromatic rings. The second-order valence-electron chi connectivity index (χ2n) is 4.81. The first-order chi connectivity index (χ1) is 12.4. The molecule has 0 spiro atoms. The number of amidine groups is 1. The van der Waals surface area contributed by atoms with E-state index in [0.717, 1.165) is 6.07 Å². The smallest absolute Gasteiger partial charge is 0.306 e. The highest BCUT2D eigenvalue weighted by molar-refractivity contribution is 5.93. The summed E-state index contributed by atoms with van der Waals surface area (Å²) in [7, 11) is 0. The van der Waals surface area contributed by atoms with Crippen molar-refractivity contribution in [2.45, 2.75) is 6.18 Å². The number of nitrogens with one attached hydrogen (secondary N) is 3. The summed E-state index contributed by atoms with van der Waals surface area (Å²) >= 11 is 0. The van der Waals surface area contributed by atoms with Gasteiger partial charge in [0.1, 0.15) is 12.0 Å². The molecule has 3 heterocycles. The van der Waals surface area contributed by atoms with Crippen LogP contribution >= 0.6 is 0 Å². The number of hydroxylamine groups is 1. The van der Waals surface area contributed by atoms with Gasteiger partial charge in [0, 0.05) is 6.20 Å². The third-order valence-corrected chi connectivity index (χ3v) is 3.06. The van der Waals surface area contributed by atoms with Gasteiger partial charge in [0.15, 0.2) is 17.5 Å². The molecule has 0 amide bonds. The maximum Gasteiger partial charge on any atom is 0.417 e. The molecule has 0 radical (unpaired) electrons. The van der Waals surface area contributed by atoms with Crippen LogP contribution in [0.15, 0.2) is 37.1 Å². The second-order valence-corrected chi connectivity index (χ2v) is 4.81. The number of hydrogen-bond acceptors (Lipinski definition) is 8. The maximum atomic E-state index is 12.5. The van der Waals surface area contributed by atoms with Gasteiger partial charge in [0.05, 0.1) is 18.0 Å². The first-order valence-corrected chi connectivity index (χ1v) is 6.90. The zero-order chi connectivity index (χ0) is 18.7. The normalized spacial score (nSPS) is 11.2. The van der Waals surface area contributed by atoms with Crippen molar-refractivity contribution >= 4 is 17.6 Å². The number of anilines is 2. The minimum atomic E-state index is -4.46. The van der Waals surface area contributed by atoms with Crippen LogP contribution in [-0.2, 0) is 6.18 Å². The summed E-state index contributed by atoms with van der Waals surface area (Å²) in [5.41, 5.74) is 0.893.